The number of hydrogen-bond donors (Lipinski definition) is 0. The van der Waals surface area contributed by atoms with Gasteiger partial charge < -0.3 is 0 Å². The van der Waals surface area contributed by atoms with Crippen LogP contribution in [0.25, 0.3) is 65.3 Å². The van der Waals surface area contributed by atoms with Crippen molar-refractivity contribution in [1.29, 1.82) is 0 Å². The van der Waals surface area contributed by atoms with E-state index >= 15 is 0 Å². The third-order valence-corrected chi connectivity index (χ3v) is 30.9. The number of halogens is 2. The van der Waals surface area contributed by atoms with Crippen molar-refractivity contribution in [2.45, 2.75) is 65.5 Å². The minimum absolute atomic E-state index is 0.224. The van der Waals surface area contributed by atoms with Crippen LogP contribution in [0.2, 0.25) is 13.1 Å². The third kappa shape index (κ3) is 6.71. The van der Waals surface area contributed by atoms with Crippen LogP contribution in [-0.4, -0.2) is 5.43 Å². The van der Waals surface area contributed by atoms with E-state index in [0.717, 1.165) is 12.8 Å². The molecule has 0 aromatic heterocycles. The topological polar surface area (TPSA) is 0 Å². The number of fused-ring (bicyclic) bond motifs is 2. The molecule has 0 saturated heterocycles. The van der Waals surface area contributed by atoms with Gasteiger partial charge in [0, 0.05) is 0 Å². The normalized spacial score (nSPS) is 12.7. The maximum atomic E-state index is 5.62. The van der Waals surface area contributed by atoms with Gasteiger partial charge in [0.1, 0.15) is 0 Å². The van der Waals surface area contributed by atoms with E-state index in [1.54, 1.807) is 0 Å². The molecule has 8 aromatic carbocycles. The molecule has 0 nitrogen and oxygen atoms in total. The van der Waals surface area contributed by atoms with Crippen molar-refractivity contribution >= 4 is 65.5 Å². The molecule has 10 rings (SSSR count). The Bertz CT molecular complexity index is 2440. The number of benzene rings is 6. The molecule has 0 spiro atoms. The summed E-state index contributed by atoms with van der Waals surface area (Å²) in [7, 11) is 11.2. The van der Waals surface area contributed by atoms with Gasteiger partial charge in [0.25, 0.3) is 0 Å². The van der Waals surface area contributed by atoms with Gasteiger partial charge in [0.2, 0.25) is 0 Å². The Labute approximate surface area is 323 Å². The van der Waals surface area contributed by atoms with E-state index in [0.29, 0.717) is 0 Å². The number of hydrogen-bond acceptors (Lipinski definition) is 0. The fourth-order valence-electron chi connectivity index (χ4n) is 8.43. The Balaban J connectivity index is 0.000000129. The molecule has 2 aliphatic rings. The second kappa shape index (κ2) is 15.2. The van der Waals surface area contributed by atoms with E-state index in [1.807, 2.05) is 0 Å². The molecule has 52 heavy (non-hydrogen) atoms. The summed E-state index contributed by atoms with van der Waals surface area (Å²) in [6.45, 7) is 8.79. The number of aryl methyl sites for hydroxylation is 6. The van der Waals surface area contributed by atoms with Crippen molar-refractivity contribution in [2.24, 2.45) is 0 Å². The molecule has 0 fully saturated rings. The van der Waals surface area contributed by atoms with Crippen molar-refractivity contribution in [2.75, 3.05) is 0 Å². The second-order valence-electron chi connectivity index (χ2n) is 14.5. The molecule has 0 unspecified atom stereocenters. The minimum atomic E-state index is -1.65. The molecule has 8 aromatic rings. The van der Waals surface area contributed by atoms with E-state index in [9.17, 15) is 0 Å². The van der Waals surface area contributed by atoms with E-state index in [2.05, 4.69) is 148 Å². The van der Waals surface area contributed by atoms with Gasteiger partial charge in [-0.05, 0) is 93.5 Å². The van der Waals surface area contributed by atoms with Crippen LogP contribution in [0.4, 0.5) is 0 Å². The van der Waals surface area contributed by atoms with E-state index in [-0.39, 0.29) is 5.43 Å². The van der Waals surface area contributed by atoms with Gasteiger partial charge in [-0.3, -0.25) is 0 Å². The standard InChI is InChI=1S/2C23H19.C2H6Si.2ClH.Zr/c2*1-2-15-13-18-6-4-7-19(22(18)14-15)20-12-11-17-10-9-16-5-3-8-21(20)23(16)17;1-3-2;;;/h2*3-8,11-14H,2,9-10H2,1H3;1-2H3;2*1H;/q2*-1;;;;+2/p-2. The summed E-state index contributed by atoms with van der Waals surface area (Å²) in [5, 5.41) is 11.4. The summed E-state index contributed by atoms with van der Waals surface area (Å²) in [5.74, 6) is 0. The van der Waals surface area contributed by atoms with Gasteiger partial charge in [-0.2, -0.15) is 12.1 Å². The number of rotatable bonds is 4. The zero-order valence-electron chi connectivity index (χ0n) is 30.5. The van der Waals surface area contributed by atoms with Crippen LogP contribution in [0, 0.1) is 0 Å². The molecule has 0 radical (unpaired) electrons. The third-order valence-electron chi connectivity index (χ3n) is 11.1. The first-order valence-corrected chi connectivity index (χ1v) is 31.3. The van der Waals surface area contributed by atoms with Crippen molar-refractivity contribution in [3.05, 3.63) is 155 Å². The van der Waals surface area contributed by atoms with Crippen molar-refractivity contribution in [3.8, 4) is 22.3 Å². The van der Waals surface area contributed by atoms with E-state index in [1.165, 1.54) is 124 Å². The van der Waals surface area contributed by atoms with Gasteiger partial charge in [0.15, 0.2) is 0 Å². The predicted octanol–water partition coefficient (Wildman–Crippen LogP) is 14.2. The molecule has 260 valence electrons. The summed E-state index contributed by atoms with van der Waals surface area (Å²) in [4.78, 5) is 0. The summed E-state index contributed by atoms with van der Waals surface area (Å²) in [6.07, 6.45) is 6.96. The Morgan fingerprint density at radius 1 is 0.500 bits per heavy atom. The van der Waals surface area contributed by atoms with Crippen LogP contribution in [0.3, 0.4) is 0 Å². The SMILES string of the molecule is CCc1cc2c(-c3ccc4c5c(cccc35)CC4)cccc2[cH-]1.CCc1cc2c(-c3ccc4c5c(cccc35)CC4)cccc2[cH-]1.C[Si](C)=[Zr]([Cl])[Cl]. The van der Waals surface area contributed by atoms with Gasteiger partial charge in [-0.25, -0.2) is 0 Å². The molecular formula is C48H44Cl2SiZr-2. The van der Waals surface area contributed by atoms with Gasteiger partial charge in [0.05, 0.1) is 0 Å². The quantitative estimate of drug-likeness (QED) is 0.123. The Kier molecular flexibility index (Phi) is 10.5. The van der Waals surface area contributed by atoms with Gasteiger partial charge >= 0.3 is 53.5 Å². The molecular weight excluding hydrogens is 767 g/mol. The maximum absolute atomic E-state index is 5.62. The molecule has 0 amide bonds. The summed E-state index contributed by atoms with van der Waals surface area (Å²) >= 11 is -1.65. The van der Waals surface area contributed by atoms with Crippen LogP contribution in [0.1, 0.15) is 47.2 Å². The summed E-state index contributed by atoms with van der Waals surface area (Å²) < 4.78 is 0. The summed E-state index contributed by atoms with van der Waals surface area (Å²) in [5.41, 5.74) is 14.2. The molecule has 2 aliphatic carbocycles. The average Bonchev–Trinajstić information content (AvgIpc) is 3.98. The molecule has 0 bridgehead atoms. The molecule has 0 N–H and O–H groups in total. The Morgan fingerprint density at radius 2 is 0.865 bits per heavy atom. The predicted molar refractivity (Wildman–Crippen MR) is 228 cm³/mol. The van der Waals surface area contributed by atoms with Gasteiger partial charge in [-0.1, -0.05) is 97.8 Å². The average molecular weight is 811 g/mol. The van der Waals surface area contributed by atoms with Crippen LogP contribution < -0.4 is 0 Å². The fraction of sp³-hybridized carbons (Fsp3) is 0.208. The zero-order valence-corrected chi connectivity index (χ0v) is 35.5. The van der Waals surface area contributed by atoms with Crippen LogP contribution in [-0.2, 0) is 56.5 Å². The fourth-order valence-corrected chi connectivity index (χ4v) is 8.43. The molecule has 0 heterocycles. The molecule has 0 aliphatic heterocycles. The zero-order chi connectivity index (χ0) is 35.9. The van der Waals surface area contributed by atoms with Crippen LogP contribution in [0.5, 0.6) is 0 Å². The molecule has 4 heteroatoms. The first-order chi connectivity index (χ1) is 25.3. The van der Waals surface area contributed by atoms with Gasteiger partial charge in [-0.15, -0.1) is 69.1 Å². The molecule has 0 atom stereocenters. The van der Waals surface area contributed by atoms with Crippen molar-refractivity contribution in [1.82, 2.24) is 0 Å². The van der Waals surface area contributed by atoms with Crippen molar-refractivity contribution in [3.63, 3.8) is 0 Å². The van der Waals surface area contributed by atoms with E-state index in [4.69, 9.17) is 17.0 Å². The van der Waals surface area contributed by atoms with Crippen molar-refractivity contribution < 1.29 is 18.0 Å². The second-order valence-corrected chi connectivity index (χ2v) is 37.5. The first kappa shape index (κ1) is 35.8. The molecule has 0 saturated carbocycles. The van der Waals surface area contributed by atoms with Crippen LogP contribution in [0.15, 0.2) is 121 Å². The summed E-state index contributed by atoms with van der Waals surface area (Å²) in [6, 6.07) is 45.8. The monoisotopic (exact) mass is 808 g/mol. The van der Waals surface area contributed by atoms with E-state index < -0.39 is 18.0 Å². The first-order valence-electron chi connectivity index (χ1n) is 18.8. The Hall–Kier alpha value is -3.26. The van der Waals surface area contributed by atoms with Crippen LogP contribution >= 0.6 is 17.0 Å². The Morgan fingerprint density at radius 3 is 1.25 bits per heavy atom.